The molecule has 64 valence electrons. The number of hydrogen-bond donors (Lipinski definition) is 3. The number of phosphoric ester groups is 1. The molecule has 6 nitrogen and oxygen atoms in total. The normalized spacial score (nSPS) is 12.8. The second-order valence-electron chi connectivity index (χ2n) is 1.54. The summed E-state index contributed by atoms with van der Waals surface area (Å²) in [6.45, 7) is 1.29. The van der Waals surface area contributed by atoms with Crippen molar-refractivity contribution >= 4 is 13.8 Å². The van der Waals surface area contributed by atoms with Crippen LogP contribution in [0.25, 0.3) is 0 Å². The molecule has 0 aromatic rings. The molecule has 0 heterocycles. The summed E-state index contributed by atoms with van der Waals surface area (Å²) >= 11 is 0. The fourth-order valence-corrected chi connectivity index (χ4v) is 0.783. The van der Waals surface area contributed by atoms with Gasteiger partial charge in [0.15, 0.2) is 0 Å². The van der Waals surface area contributed by atoms with Crippen molar-refractivity contribution in [3.05, 3.63) is 11.8 Å². The molecule has 0 aromatic carbocycles. The predicted octanol–water partition coefficient (Wildman–Crippen LogP) is 0.0841. The van der Waals surface area contributed by atoms with E-state index in [1.807, 2.05) is 0 Å². The second-order valence-corrected chi connectivity index (χ2v) is 2.70. The van der Waals surface area contributed by atoms with Gasteiger partial charge in [0.05, 0.1) is 0 Å². The molecule has 0 saturated carbocycles. The highest BCUT2D eigenvalue weighted by Crippen LogP contribution is 2.38. The Labute approximate surface area is 62.4 Å². The maximum Gasteiger partial charge on any atom is 0.525 e. The molecule has 11 heavy (non-hydrogen) atoms. The zero-order chi connectivity index (χ0) is 9.07. The molecule has 0 spiro atoms. The second kappa shape index (κ2) is 3.52. The number of hydrogen-bond acceptors (Lipinski definition) is 3. The van der Waals surface area contributed by atoms with Crippen LogP contribution in [0, 0.1) is 0 Å². The predicted molar refractivity (Wildman–Crippen MR) is 34.5 cm³/mol. The SMILES string of the molecule is C/C=C(\OP(=O)(O)O)C(=O)O. The highest BCUT2D eigenvalue weighted by Gasteiger charge is 2.21. The molecule has 0 aromatic heterocycles. The molecule has 0 saturated heterocycles. The van der Waals surface area contributed by atoms with Gasteiger partial charge in [0.2, 0.25) is 5.76 Å². The lowest BCUT2D eigenvalue weighted by molar-refractivity contribution is -0.135. The first kappa shape index (κ1) is 10.2. The van der Waals surface area contributed by atoms with Crippen molar-refractivity contribution in [1.82, 2.24) is 0 Å². The molecule has 3 N–H and O–H groups in total. The highest BCUT2D eigenvalue weighted by atomic mass is 31.2. The van der Waals surface area contributed by atoms with Crippen LogP contribution in [0.15, 0.2) is 11.8 Å². The fraction of sp³-hybridized carbons (Fsp3) is 0.250. The number of allylic oxidation sites excluding steroid dienone is 1. The molecule has 0 aliphatic rings. The van der Waals surface area contributed by atoms with Crippen molar-refractivity contribution in [3.8, 4) is 0 Å². The van der Waals surface area contributed by atoms with E-state index in [2.05, 4.69) is 4.52 Å². The summed E-state index contributed by atoms with van der Waals surface area (Å²) in [5.41, 5.74) is 0. The van der Waals surface area contributed by atoms with Gasteiger partial charge in [-0.15, -0.1) is 0 Å². The Morgan fingerprint density at radius 3 is 2.09 bits per heavy atom. The number of aliphatic carboxylic acids is 1. The third-order valence-corrected chi connectivity index (χ3v) is 1.12. The number of rotatable bonds is 3. The summed E-state index contributed by atoms with van der Waals surface area (Å²) < 4.78 is 13.8. The Kier molecular flexibility index (Phi) is 3.25. The van der Waals surface area contributed by atoms with Gasteiger partial charge in [0.25, 0.3) is 0 Å². The van der Waals surface area contributed by atoms with Crippen molar-refractivity contribution in [1.29, 1.82) is 0 Å². The maximum atomic E-state index is 10.1. The van der Waals surface area contributed by atoms with Gasteiger partial charge in [-0.2, -0.15) is 0 Å². The van der Waals surface area contributed by atoms with Gasteiger partial charge in [-0.3, -0.25) is 9.79 Å². The molecule has 0 fully saturated rings. The molecule has 0 rings (SSSR count). The lowest BCUT2D eigenvalue weighted by atomic mass is 10.5. The van der Waals surface area contributed by atoms with Crippen LogP contribution in [0.2, 0.25) is 0 Å². The van der Waals surface area contributed by atoms with E-state index in [4.69, 9.17) is 14.9 Å². The van der Waals surface area contributed by atoms with Gasteiger partial charge in [-0.25, -0.2) is 9.36 Å². The van der Waals surface area contributed by atoms with E-state index < -0.39 is 19.6 Å². The average molecular weight is 182 g/mol. The van der Waals surface area contributed by atoms with Gasteiger partial charge in [0, 0.05) is 0 Å². The Bertz CT molecular complexity index is 225. The number of carboxylic acid groups (broad SMARTS) is 1. The quantitative estimate of drug-likeness (QED) is 0.324. The van der Waals surface area contributed by atoms with E-state index in [9.17, 15) is 9.36 Å². The van der Waals surface area contributed by atoms with Crippen LogP contribution in [0.5, 0.6) is 0 Å². The standard InChI is InChI=1S/C4H7O6P/c1-2-3(4(5)6)10-11(7,8)9/h2H,1H3,(H,5,6)(H2,7,8,9)/b3-2-. The van der Waals surface area contributed by atoms with Crippen molar-refractivity contribution < 1.29 is 28.8 Å². The first-order chi connectivity index (χ1) is 4.87. The van der Waals surface area contributed by atoms with Gasteiger partial charge < -0.3 is 9.63 Å². The van der Waals surface area contributed by atoms with Crippen LogP contribution < -0.4 is 0 Å². The summed E-state index contributed by atoms with van der Waals surface area (Å²) in [5.74, 6) is -2.28. The van der Waals surface area contributed by atoms with Crippen molar-refractivity contribution in [2.45, 2.75) is 6.92 Å². The summed E-state index contributed by atoms with van der Waals surface area (Å²) in [4.78, 5) is 26.4. The lowest BCUT2D eigenvalue weighted by Crippen LogP contribution is -2.02. The van der Waals surface area contributed by atoms with Gasteiger partial charge in [-0.1, -0.05) is 0 Å². The summed E-state index contributed by atoms with van der Waals surface area (Å²) in [5, 5.41) is 8.20. The zero-order valence-corrected chi connectivity index (χ0v) is 6.49. The molecule has 0 amide bonds. The molecule has 0 aliphatic carbocycles. The minimum absolute atomic E-state index is 0.765. The number of phosphoric acid groups is 1. The number of carboxylic acids is 1. The Hall–Kier alpha value is -0.840. The zero-order valence-electron chi connectivity index (χ0n) is 5.59. The molecule has 7 heteroatoms. The van der Waals surface area contributed by atoms with Crippen molar-refractivity contribution in [3.63, 3.8) is 0 Å². The smallest absolute Gasteiger partial charge is 0.475 e. The van der Waals surface area contributed by atoms with Gasteiger partial charge in [-0.05, 0) is 13.0 Å². The van der Waals surface area contributed by atoms with Crippen LogP contribution in [0.4, 0.5) is 0 Å². The molecule has 0 unspecified atom stereocenters. The Morgan fingerprint density at radius 1 is 1.55 bits per heavy atom. The van der Waals surface area contributed by atoms with Gasteiger partial charge >= 0.3 is 13.8 Å². The van der Waals surface area contributed by atoms with Crippen LogP contribution in [0.3, 0.4) is 0 Å². The minimum Gasteiger partial charge on any atom is -0.475 e. The molecule has 0 bridgehead atoms. The van der Waals surface area contributed by atoms with E-state index in [0.717, 1.165) is 6.08 Å². The average Bonchev–Trinajstić information content (AvgIpc) is 1.80. The van der Waals surface area contributed by atoms with Crippen LogP contribution in [0.1, 0.15) is 6.92 Å². The monoisotopic (exact) mass is 182 g/mol. The first-order valence-electron chi connectivity index (χ1n) is 2.51. The van der Waals surface area contributed by atoms with E-state index >= 15 is 0 Å². The minimum atomic E-state index is -4.74. The van der Waals surface area contributed by atoms with E-state index in [1.165, 1.54) is 6.92 Å². The number of carbonyl (C=O) groups is 1. The first-order valence-corrected chi connectivity index (χ1v) is 4.04. The molecular weight excluding hydrogens is 175 g/mol. The fourth-order valence-electron chi connectivity index (χ4n) is 0.343. The molecule has 0 radical (unpaired) electrons. The molecular formula is C4H7O6P. The van der Waals surface area contributed by atoms with Crippen LogP contribution in [-0.2, 0) is 13.9 Å². The molecule has 0 aliphatic heterocycles. The van der Waals surface area contributed by atoms with Crippen molar-refractivity contribution in [2.24, 2.45) is 0 Å². The van der Waals surface area contributed by atoms with E-state index in [1.54, 1.807) is 0 Å². The summed E-state index contributed by atoms with van der Waals surface area (Å²) in [6.07, 6.45) is 0.946. The van der Waals surface area contributed by atoms with Gasteiger partial charge in [0.1, 0.15) is 0 Å². The molecule has 0 atom stereocenters. The third kappa shape index (κ3) is 4.55. The highest BCUT2D eigenvalue weighted by molar-refractivity contribution is 7.46. The topological polar surface area (TPSA) is 104 Å². The van der Waals surface area contributed by atoms with E-state index in [-0.39, 0.29) is 0 Å². The van der Waals surface area contributed by atoms with Crippen LogP contribution >= 0.6 is 7.82 Å². The summed E-state index contributed by atoms with van der Waals surface area (Å²) in [7, 11) is -4.74. The van der Waals surface area contributed by atoms with Crippen molar-refractivity contribution in [2.75, 3.05) is 0 Å². The van der Waals surface area contributed by atoms with E-state index in [0.29, 0.717) is 0 Å². The largest absolute Gasteiger partial charge is 0.525 e. The summed E-state index contributed by atoms with van der Waals surface area (Å²) in [6, 6.07) is 0. The Balaban J connectivity index is 4.37. The maximum absolute atomic E-state index is 10.1. The lowest BCUT2D eigenvalue weighted by Gasteiger charge is -2.05. The Morgan fingerprint density at radius 2 is 2.00 bits per heavy atom. The van der Waals surface area contributed by atoms with Crippen LogP contribution in [-0.4, -0.2) is 20.9 Å². The third-order valence-electron chi connectivity index (χ3n) is 0.690.